The van der Waals surface area contributed by atoms with E-state index in [1.165, 1.54) is 0 Å². The van der Waals surface area contributed by atoms with E-state index in [9.17, 15) is 14.7 Å². The number of carboxylic acids is 1. The summed E-state index contributed by atoms with van der Waals surface area (Å²) in [5.41, 5.74) is 1.00. The number of carbonyl (C=O) groups is 2. The van der Waals surface area contributed by atoms with Crippen molar-refractivity contribution in [1.29, 1.82) is 0 Å². The predicted molar refractivity (Wildman–Crippen MR) is 93.7 cm³/mol. The lowest BCUT2D eigenvalue weighted by atomic mass is 9.89. The Balaban J connectivity index is 1.94. The summed E-state index contributed by atoms with van der Waals surface area (Å²) in [6.45, 7) is 5.17. The fraction of sp³-hybridized carbons (Fsp3) is 0.556. The van der Waals surface area contributed by atoms with Gasteiger partial charge >= 0.3 is 5.97 Å². The van der Waals surface area contributed by atoms with Crippen molar-refractivity contribution in [3.05, 3.63) is 35.9 Å². The van der Waals surface area contributed by atoms with Gasteiger partial charge in [0.1, 0.15) is 0 Å². The van der Waals surface area contributed by atoms with E-state index in [2.05, 4.69) is 13.8 Å². The van der Waals surface area contributed by atoms with E-state index in [-0.39, 0.29) is 11.8 Å². The van der Waals surface area contributed by atoms with Gasteiger partial charge in [0, 0.05) is 19.0 Å². The smallest absolute Gasteiger partial charge is 0.308 e. The second-order valence-corrected chi connectivity index (χ2v) is 7.60. The van der Waals surface area contributed by atoms with Crippen LogP contribution in [0.2, 0.25) is 0 Å². The fourth-order valence-corrected chi connectivity index (χ4v) is 4.01. The van der Waals surface area contributed by atoms with Crippen LogP contribution >= 0.6 is 11.8 Å². The topological polar surface area (TPSA) is 57.6 Å². The van der Waals surface area contributed by atoms with Crippen molar-refractivity contribution in [2.45, 2.75) is 26.2 Å². The molecule has 5 heteroatoms. The molecule has 1 aliphatic heterocycles. The summed E-state index contributed by atoms with van der Waals surface area (Å²) in [5.74, 6) is 0.677. The van der Waals surface area contributed by atoms with Gasteiger partial charge in [-0.1, -0.05) is 44.2 Å². The number of amides is 1. The Morgan fingerprint density at radius 2 is 1.96 bits per heavy atom. The average Bonchev–Trinajstić information content (AvgIpc) is 2.97. The molecule has 1 N–H and O–H groups in total. The first-order chi connectivity index (χ1) is 11.0. The highest BCUT2D eigenvalue weighted by Gasteiger charge is 2.40. The number of hydrogen-bond donors (Lipinski definition) is 1. The average molecular weight is 335 g/mol. The number of carbonyl (C=O) groups excluding carboxylic acids is 1. The minimum absolute atomic E-state index is 0.0587. The lowest BCUT2D eigenvalue weighted by molar-refractivity contribution is -0.141. The summed E-state index contributed by atoms with van der Waals surface area (Å²) in [6.07, 6.45) is 1.10. The van der Waals surface area contributed by atoms with Crippen LogP contribution in [0.25, 0.3) is 0 Å². The van der Waals surface area contributed by atoms with Crippen LogP contribution in [0.15, 0.2) is 30.3 Å². The molecule has 1 heterocycles. The Morgan fingerprint density at radius 3 is 2.57 bits per heavy atom. The molecule has 0 radical (unpaired) electrons. The minimum Gasteiger partial charge on any atom is -0.481 e. The molecule has 23 heavy (non-hydrogen) atoms. The quantitative estimate of drug-likeness (QED) is 0.778. The van der Waals surface area contributed by atoms with E-state index >= 15 is 0 Å². The Morgan fingerprint density at radius 1 is 1.26 bits per heavy atom. The van der Waals surface area contributed by atoms with Crippen LogP contribution in [-0.2, 0) is 9.59 Å². The molecule has 1 fully saturated rings. The lowest BCUT2D eigenvalue weighted by Crippen LogP contribution is -2.31. The number of benzene rings is 1. The first-order valence-electron chi connectivity index (χ1n) is 8.12. The van der Waals surface area contributed by atoms with E-state index in [0.29, 0.717) is 24.8 Å². The molecule has 0 spiro atoms. The van der Waals surface area contributed by atoms with Gasteiger partial charge in [0.2, 0.25) is 5.91 Å². The van der Waals surface area contributed by atoms with E-state index in [0.717, 1.165) is 17.7 Å². The zero-order valence-corrected chi connectivity index (χ0v) is 14.6. The Hall–Kier alpha value is -1.49. The van der Waals surface area contributed by atoms with Crippen molar-refractivity contribution in [3.8, 4) is 0 Å². The fourth-order valence-electron chi connectivity index (χ4n) is 2.87. The summed E-state index contributed by atoms with van der Waals surface area (Å²) in [6, 6.07) is 9.65. The van der Waals surface area contributed by atoms with Gasteiger partial charge in [-0.05, 0) is 23.7 Å². The highest BCUT2D eigenvalue weighted by molar-refractivity contribution is 7.99. The molecule has 0 bridgehead atoms. The summed E-state index contributed by atoms with van der Waals surface area (Å²) in [4.78, 5) is 25.6. The number of likely N-dealkylation sites (tertiary alicyclic amines) is 1. The van der Waals surface area contributed by atoms with E-state index in [4.69, 9.17) is 0 Å². The van der Waals surface area contributed by atoms with Crippen LogP contribution in [0.5, 0.6) is 0 Å². The van der Waals surface area contributed by atoms with E-state index in [1.54, 1.807) is 16.7 Å². The van der Waals surface area contributed by atoms with Crippen molar-refractivity contribution in [1.82, 2.24) is 4.90 Å². The second-order valence-electron chi connectivity index (χ2n) is 6.50. The lowest BCUT2D eigenvalue weighted by Gasteiger charge is -2.16. The van der Waals surface area contributed by atoms with Gasteiger partial charge in [0.05, 0.1) is 11.7 Å². The number of thioether (sulfide) groups is 1. The zero-order valence-electron chi connectivity index (χ0n) is 13.8. The molecule has 1 aliphatic rings. The van der Waals surface area contributed by atoms with Crippen LogP contribution < -0.4 is 0 Å². The van der Waals surface area contributed by atoms with Crippen LogP contribution in [0.1, 0.15) is 31.7 Å². The number of rotatable bonds is 7. The summed E-state index contributed by atoms with van der Waals surface area (Å²) < 4.78 is 0. The van der Waals surface area contributed by atoms with E-state index < -0.39 is 11.9 Å². The third kappa shape index (κ3) is 4.99. The van der Waals surface area contributed by atoms with Crippen LogP contribution in [0.4, 0.5) is 0 Å². The van der Waals surface area contributed by atoms with Gasteiger partial charge in [0.25, 0.3) is 0 Å². The molecule has 2 rings (SSSR count). The number of aliphatic carboxylic acids is 1. The van der Waals surface area contributed by atoms with Crippen molar-refractivity contribution in [2.75, 3.05) is 24.6 Å². The molecule has 1 aromatic rings. The molecule has 2 atom stereocenters. The van der Waals surface area contributed by atoms with Crippen LogP contribution in [0.3, 0.4) is 0 Å². The van der Waals surface area contributed by atoms with Gasteiger partial charge in [-0.3, -0.25) is 9.59 Å². The van der Waals surface area contributed by atoms with Gasteiger partial charge in [-0.15, -0.1) is 0 Å². The van der Waals surface area contributed by atoms with Crippen molar-refractivity contribution in [3.63, 3.8) is 0 Å². The zero-order chi connectivity index (χ0) is 16.8. The van der Waals surface area contributed by atoms with Gasteiger partial charge in [0.15, 0.2) is 0 Å². The third-order valence-electron chi connectivity index (χ3n) is 4.28. The standard InChI is InChI=1S/C18H25NO3S/c1-13(2)8-9-23-12-17(20)19-10-15(16(11-19)18(21)22)14-6-4-3-5-7-14/h3-7,13,15-16H,8-12H2,1-2H3,(H,21,22)/t15-,16-/m0/s1. The largest absolute Gasteiger partial charge is 0.481 e. The molecule has 126 valence electrons. The van der Waals surface area contributed by atoms with Crippen LogP contribution in [-0.4, -0.2) is 46.5 Å². The Kier molecular flexibility index (Phi) is 6.51. The molecule has 0 unspecified atom stereocenters. The maximum Gasteiger partial charge on any atom is 0.308 e. The highest BCUT2D eigenvalue weighted by Crippen LogP contribution is 2.33. The highest BCUT2D eigenvalue weighted by atomic mass is 32.2. The van der Waals surface area contributed by atoms with Gasteiger partial charge < -0.3 is 10.0 Å². The Labute approximate surface area is 142 Å². The summed E-state index contributed by atoms with van der Waals surface area (Å²) >= 11 is 1.64. The van der Waals surface area contributed by atoms with Gasteiger partial charge in [-0.2, -0.15) is 11.8 Å². The molecule has 4 nitrogen and oxygen atoms in total. The minimum atomic E-state index is -0.818. The number of carboxylic acid groups (broad SMARTS) is 1. The van der Waals surface area contributed by atoms with Crippen molar-refractivity contribution < 1.29 is 14.7 Å². The predicted octanol–water partition coefficient (Wildman–Crippen LogP) is 3.09. The molecule has 0 aliphatic carbocycles. The van der Waals surface area contributed by atoms with Crippen molar-refractivity contribution >= 4 is 23.6 Å². The second kappa shape index (κ2) is 8.39. The monoisotopic (exact) mass is 335 g/mol. The molecule has 1 amide bonds. The number of hydrogen-bond acceptors (Lipinski definition) is 3. The first-order valence-corrected chi connectivity index (χ1v) is 9.27. The molecular weight excluding hydrogens is 310 g/mol. The van der Waals surface area contributed by atoms with E-state index in [1.807, 2.05) is 30.3 Å². The maximum absolute atomic E-state index is 12.3. The first kappa shape index (κ1) is 17.9. The summed E-state index contributed by atoms with van der Waals surface area (Å²) in [7, 11) is 0. The maximum atomic E-state index is 12.3. The Bertz CT molecular complexity index is 532. The van der Waals surface area contributed by atoms with Gasteiger partial charge in [-0.25, -0.2) is 0 Å². The molecular formula is C18H25NO3S. The number of nitrogens with zero attached hydrogens (tertiary/aromatic N) is 1. The third-order valence-corrected chi connectivity index (χ3v) is 5.26. The molecule has 0 saturated carbocycles. The normalized spacial score (nSPS) is 20.9. The molecule has 1 saturated heterocycles. The molecule has 1 aromatic carbocycles. The SMILES string of the molecule is CC(C)CCSCC(=O)N1C[C@H](C(=O)O)[C@H](c2ccccc2)C1. The van der Waals surface area contributed by atoms with Crippen molar-refractivity contribution in [2.24, 2.45) is 11.8 Å². The molecule has 0 aromatic heterocycles. The van der Waals surface area contributed by atoms with Crippen LogP contribution in [0, 0.1) is 11.8 Å². The summed E-state index contributed by atoms with van der Waals surface area (Å²) in [5, 5.41) is 9.48.